The highest BCUT2D eigenvalue weighted by Gasteiger charge is 2.37. The van der Waals surface area contributed by atoms with Gasteiger partial charge in [0.05, 0.1) is 23.4 Å². The molecule has 0 aliphatic carbocycles. The van der Waals surface area contributed by atoms with Gasteiger partial charge in [-0.25, -0.2) is 4.79 Å². The number of benzene rings is 2. The van der Waals surface area contributed by atoms with Crippen molar-refractivity contribution < 1.29 is 24.2 Å². The summed E-state index contributed by atoms with van der Waals surface area (Å²) >= 11 is 6.33. The number of hydrogen-bond donors (Lipinski definition) is 3. The highest BCUT2D eigenvalue weighted by Crippen LogP contribution is 2.32. The van der Waals surface area contributed by atoms with Crippen LogP contribution in [0.3, 0.4) is 0 Å². The second kappa shape index (κ2) is 12.6. The smallest absolute Gasteiger partial charge is 0.408 e. The number of aryl methyl sites for hydroxylation is 3. The number of alkyl carbamates (subject to hydrolysis) is 1. The number of amides is 3. The van der Waals surface area contributed by atoms with E-state index in [0.29, 0.717) is 33.0 Å². The van der Waals surface area contributed by atoms with E-state index in [9.17, 15) is 24.8 Å². The van der Waals surface area contributed by atoms with E-state index in [0.717, 1.165) is 4.90 Å². The molecule has 0 radical (unpaired) electrons. The molecule has 3 N–H and O–H groups in total. The van der Waals surface area contributed by atoms with Crippen LogP contribution >= 0.6 is 11.6 Å². The van der Waals surface area contributed by atoms with Crippen molar-refractivity contribution in [3.05, 3.63) is 63.7 Å². The van der Waals surface area contributed by atoms with Gasteiger partial charge in [-0.15, -0.1) is 0 Å². The number of nitriles is 1. The zero-order chi connectivity index (χ0) is 27.9. The van der Waals surface area contributed by atoms with Crippen LogP contribution in [0.5, 0.6) is 0 Å². The molecule has 2 aromatic rings. The number of aliphatic hydroxyl groups excluding tert-OH is 1. The number of para-hydroxylation sites is 1. The lowest BCUT2D eigenvalue weighted by molar-refractivity contribution is -0.140. The molecule has 0 aliphatic rings. The molecule has 0 aromatic heterocycles. The number of carbonyl (C=O) groups excluding carboxylic acids is 3. The van der Waals surface area contributed by atoms with Gasteiger partial charge in [0.15, 0.2) is 0 Å². The Bertz CT molecular complexity index is 1160. The first-order chi connectivity index (χ1) is 17.3. The van der Waals surface area contributed by atoms with Gasteiger partial charge in [0.1, 0.15) is 24.2 Å². The standard InChI is InChI=1S/C27H33ClN4O5/c1-16-9-7-10-17(2)21(16)23(24(34)31-22-18(3)11-8-12-19(22)28)32(14-13-29)25(35)20(15-33)30-26(36)37-27(4,5)6/h7-12,20,23,33H,14-15H2,1-6H3,(H,30,36)(H,31,34). The quantitative estimate of drug-likeness (QED) is 0.440. The molecule has 2 atom stereocenters. The van der Waals surface area contributed by atoms with Gasteiger partial charge in [-0.05, 0) is 69.9 Å². The zero-order valence-corrected chi connectivity index (χ0v) is 22.6. The van der Waals surface area contributed by atoms with Crippen LogP contribution in [0.15, 0.2) is 36.4 Å². The van der Waals surface area contributed by atoms with E-state index in [4.69, 9.17) is 16.3 Å². The summed E-state index contributed by atoms with van der Waals surface area (Å²) in [5.41, 5.74) is 2.19. The van der Waals surface area contributed by atoms with Crippen LogP contribution in [-0.2, 0) is 14.3 Å². The number of carbonyl (C=O) groups is 3. The fourth-order valence-electron chi connectivity index (χ4n) is 3.88. The van der Waals surface area contributed by atoms with Crippen molar-refractivity contribution in [1.82, 2.24) is 10.2 Å². The minimum atomic E-state index is -1.45. The summed E-state index contributed by atoms with van der Waals surface area (Å²) in [7, 11) is 0. The predicted octanol–water partition coefficient (Wildman–Crippen LogP) is 4.18. The molecule has 2 aromatic carbocycles. The largest absolute Gasteiger partial charge is 0.444 e. The number of nitrogens with zero attached hydrogens (tertiary/aromatic N) is 2. The van der Waals surface area contributed by atoms with Gasteiger partial charge in [0.2, 0.25) is 5.91 Å². The molecule has 3 amide bonds. The third-order valence-corrected chi connectivity index (χ3v) is 5.86. The van der Waals surface area contributed by atoms with Crippen molar-refractivity contribution in [3.63, 3.8) is 0 Å². The van der Waals surface area contributed by atoms with Crippen molar-refractivity contribution in [2.75, 3.05) is 18.5 Å². The van der Waals surface area contributed by atoms with Crippen LogP contribution in [0.25, 0.3) is 0 Å². The first-order valence-electron chi connectivity index (χ1n) is 11.7. The average Bonchev–Trinajstić information content (AvgIpc) is 2.79. The molecule has 10 heteroatoms. The molecule has 0 heterocycles. The lowest BCUT2D eigenvalue weighted by atomic mass is 9.93. The molecule has 0 spiro atoms. The first-order valence-corrected chi connectivity index (χ1v) is 12.1. The molecule has 2 rings (SSSR count). The van der Waals surface area contributed by atoms with Crippen LogP contribution < -0.4 is 10.6 Å². The molecule has 9 nitrogen and oxygen atoms in total. The van der Waals surface area contributed by atoms with E-state index < -0.39 is 48.7 Å². The van der Waals surface area contributed by atoms with Crippen molar-refractivity contribution in [2.45, 2.75) is 59.2 Å². The van der Waals surface area contributed by atoms with Crippen LogP contribution in [0.4, 0.5) is 10.5 Å². The molecule has 2 unspecified atom stereocenters. The summed E-state index contributed by atoms with van der Waals surface area (Å²) < 4.78 is 5.21. The maximum Gasteiger partial charge on any atom is 0.408 e. The third-order valence-electron chi connectivity index (χ3n) is 5.54. The molecule has 0 saturated carbocycles. The summed E-state index contributed by atoms with van der Waals surface area (Å²) in [4.78, 5) is 40.8. The van der Waals surface area contributed by atoms with Crippen molar-refractivity contribution in [2.24, 2.45) is 0 Å². The number of aliphatic hydroxyl groups is 1. The number of halogens is 1. The van der Waals surface area contributed by atoms with Crippen molar-refractivity contribution >= 4 is 35.2 Å². The van der Waals surface area contributed by atoms with E-state index >= 15 is 0 Å². The summed E-state index contributed by atoms with van der Waals surface area (Å²) in [5, 5.41) is 25.0. The first kappa shape index (κ1) is 29.6. The number of hydrogen-bond acceptors (Lipinski definition) is 6. The predicted molar refractivity (Wildman–Crippen MR) is 141 cm³/mol. The summed E-state index contributed by atoms with van der Waals surface area (Å²) in [5.74, 6) is -1.43. The Kier molecular flexibility index (Phi) is 10.1. The molecule has 0 saturated heterocycles. The Morgan fingerprint density at radius 1 is 1.08 bits per heavy atom. The maximum atomic E-state index is 13.8. The fourth-order valence-corrected chi connectivity index (χ4v) is 4.15. The van der Waals surface area contributed by atoms with Gasteiger partial charge in [-0.2, -0.15) is 5.26 Å². The summed E-state index contributed by atoms with van der Waals surface area (Å²) in [6, 6.07) is 9.76. The van der Waals surface area contributed by atoms with Crippen molar-refractivity contribution in [1.29, 1.82) is 5.26 Å². The second-order valence-corrected chi connectivity index (χ2v) is 10.0. The highest BCUT2D eigenvalue weighted by atomic mass is 35.5. The minimum Gasteiger partial charge on any atom is -0.444 e. The Balaban J connectivity index is 2.57. The van der Waals surface area contributed by atoms with Gasteiger partial charge in [-0.1, -0.05) is 41.9 Å². The maximum absolute atomic E-state index is 13.8. The van der Waals surface area contributed by atoms with Gasteiger partial charge in [0, 0.05) is 0 Å². The molecule has 0 bridgehead atoms. The fraction of sp³-hybridized carbons (Fsp3) is 0.407. The van der Waals surface area contributed by atoms with Gasteiger partial charge >= 0.3 is 6.09 Å². The molecule has 0 aliphatic heterocycles. The second-order valence-electron chi connectivity index (χ2n) is 9.63. The Hall–Kier alpha value is -3.61. The van der Waals surface area contributed by atoms with Crippen molar-refractivity contribution in [3.8, 4) is 6.07 Å². The molecule has 198 valence electrons. The van der Waals surface area contributed by atoms with E-state index in [1.807, 2.05) is 12.1 Å². The van der Waals surface area contributed by atoms with E-state index in [-0.39, 0.29) is 0 Å². The number of rotatable bonds is 8. The number of anilines is 1. The monoisotopic (exact) mass is 528 g/mol. The molecular formula is C27H33ClN4O5. The van der Waals surface area contributed by atoms with Crippen LogP contribution in [0.1, 0.15) is 49.1 Å². The van der Waals surface area contributed by atoms with Crippen LogP contribution in [-0.4, -0.2) is 52.7 Å². The Labute approximate surface area is 222 Å². The van der Waals surface area contributed by atoms with Gasteiger partial charge in [0.25, 0.3) is 5.91 Å². The minimum absolute atomic E-state index is 0.312. The zero-order valence-electron chi connectivity index (χ0n) is 21.9. The SMILES string of the molecule is Cc1cccc(Cl)c1NC(=O)C(c1c(C)cccc1C)N(CC#N)C(=O)C(CO)NC(=O)OC(C)(C)C. The van der Waals surface area contributed by atoms with Crippen LogP contribution in [0, 0.1) is 32.1 Å². The lowest BCUT2D eigenvalue weighted by Gasteiger charge is -2.34. The topological polar surface area (TPSA) is 132 Å². The van der Waals surface area contributed by atoms with Gasteiger partial charge in [-0.3, -0.25) is 9.59 Å². The Morgan fingerprint density at radius 3 is 2.16 bits per heavy atom. The molecular weight excluding hydrogens is 496 g/mol. The van der Waals surface area contributed by atoms with Crippen LogP contribution in [0.2, 0.25) is 5.02 Å². The summed E-state index contributed by atoms with van der Waals surface area (Å²) in [6.45, 7) is 9.07. The van der Waals surface area contributed by atoms with E-state index in [2.05, 4.69) is 10.6 Å². The number of ether oxygens (including phenoxy) is 1. The number of nitrogens with one attached hydrogen (secondary N) is 2. The molecule has 0 fully saturated rings. The molecule has 37 heavy (non-hydrogen) atoms. The third kappa shape index (κ3) is 7.68. The van der Waals surface area contributed by atoms with E-state index in [1.165, 1.54) is 0 Å². The normalized spacial score (nSPS) is 12.6. The summed E-state index contributed by atoms with van der Waals surface area (Å²) in [6.07, 6.45) is -0.920. The van der Waals surface area contributed by atoms with Gasteiger partial charge < -0.3 is 25.4 Å². The Morgan fingerprint density at radius 2 is 1.65 bits per heavy atom. The lowest BCUT2D eigenvalue weighted by Crippen LogP contribution is -2.54. The average molecular weight is 529 g/mol. The van der Waals surface area contributed by atoms with E-state index in [1.54, 1.807) is 71.9 Å². The highest BCUT2D eigenvalue weighted by molar-refractivity contribution is 6.34.